The molecule has 1 amide bonds. The number of hydrogen-bond donors (Lipinski definition) is 0. The number of likely N-dealkylation sites (tertiary alicyclic amines) is 1. The molecule has 1 saturated heterocycles. The van der Waals surface area contributed by atoms with Gasteiger partial charge in [0.05, 0.1) is 0 Å². The summed E-state index contributed by atoms with van der Waals surface area (Å²) >= 11 is 0. The summed E-state index contributed by atoms with van der Waals surface area (Å²) in [7, 11) is 0. The molecule has 0 aliphatic carbocycles. The number of piperidine rings is 1. The highest BCUT2D eigenvalue weighted by atomic mass is 16.2. The van der Waals surface area contributed by atoms with E-state index in [9.17, 15) is 4.79 Å². The predicted molar refractivity (Wildman–Crippen MR) is 68.2 cm³/mol. The largest absolute Gasteiger partial charge is 0.342 e. The van der Waals surface area contributed by atoms with Crippen LogP contribution in [0.2, 0.25) is 0 Å². The van der Waals surface area contributed by atoms with Gasteiger partial charge in [0.15, 0.2) is 0 Å². The zero-order valence-electron chi connectivity index (χ0n) is 11.8. The molecular weight excluding hydrogens is 198 g/mol. The molecule has 0 aromatic heterocycles. The molecule has 1 fully saturated rings. The Bertz CT molecular complexity index is 257. The normalized spacial score (nSPS) is 23.4. The summed E-state index contributed by atoms with van der Waals surface area (Å²) in [5.41, 5.74) is 0.0800. The van der Waals surface area contributed by atoms with Crippen LogP contribution in [0.1, 0.15) is 54.4 Å². The van der Waals surface area contributed by atoms with E-state index in [4.69, 9.17) is 0 Å². The molecule has 0 bridgehead atoms. The van der Waals surface area contributed by atoms with Crippen molar-refractivity contribution >= 4 is 5.91 Å². The van der Waals surface area contributed by atoms with E-state index in [0.29, 0.717) is 17.2 Å². The molecule has 1 heterocycles. The molecule has 0 N–H and O–H groups in total. The fraction of sp³-hybridized carbons (Fsp3) is 0.929. The minimum atomic E-state index is -0.236. The summed E-state index contributed by atoms with van der Waals surface area (Å²) in [5.74, 6) is 0.953. The minimum absolute atomic E-state index is 0.236. The molecule has 1 unspecified atom stereocenters. The fourth-order valence-corrected chi connectivity index (χ4v) is 2.34. The van der Waals surface area contributed by atoms with Crippen LogP contribution in [-0.4, -0.2) is 23.9 Å². The first-order valence-electron chi connectivity index (χ1n) is 6.42. The highest BCUT2D eigenvalue weighted by molar-refractivity contribution is 5.81. The molecule has 0 radical (unpaired) electrons. The van der Waals surface area contributed by atoms with Crippen LogP contribution in [0.4, 0.5) is 0 Å². The van der Waals surface area contributed by atoms with Crippen molar-refractivity contribution in [2.75, 3.05) is 13.1 Å². The second-order valence-corrected chi connectivity index (χ2v) is 7.21. The van der Waals surface area contributed by atoms with Crippen LogP contribution in [0.15, 0.2) is 0 Å². The maximum atomic E-state index is 12.2. The number of rotatable bonds is 0. The van der Waals surface area contributed by atoms with Crippen molar-refractivity contribution < 1.29 is 4.79 Å². The number of hydrogen-bond acceptors (Lipinski definition) is 1. The highest BCUT2D eigenvalue weighted by Crippen LogP contribution is 2.34. The molecule has 16 heavy (non-hydrogen) atoms. The summed E-state index contributed by atoms with van der Waals surface area (Å²) < 4.78 is 0. The first-order valence-corrected chi connectivity index (χ1v) is 6.42. The van der Waals surface area contributed by atoms with Crippen LogP contribution >= 0.6 is 0 Å². The van der Waals surface area contributed by atoms with Crippen molar-refractivity contribution in [1.82, 2.24) is 4.90 Å². The van der Waals surface area contributed by atoms with Crippen molar-refractivity contribution in [3.8, 4) is 0 Å². The summed E-state index contributed by atoms with van der Waals surface area (Å²) in [6, 6.07) is 0. The zero-order chi connectivity index (χ0) is 12.6. The molecule has 2 heteroatoms. The Morgan fingerprint density at radius 1 is 1.12 bits per heavy atom. The predicted octanol–water partition coefficient (Wildman–Crippen LogP) is 3.32. The second kappa shape index (κ2) is 4.38. The SMILES string of the molecule is CC(C)(C)C(=O)N1CCCC(C(C)(C)C)C1. The van der Waals surface area contributed by atoms with E-state index in [0.717, 1.165) is 19.5 Å². The second-order valence-electron chi connectivity index (χ2n) is 7.21. The number of amides is 1. The van der Waals surface area contributed by atoms with E-state index in [1.54, 1.807) is 0 Å². The summed E-state index contributed by atoms with van der Waals surface area (Å²) in [5, 5.41) is 0. The standard InChI is InChI=1S/C14H27NO/c1-13(2,3)11-8-7-9-15(10-11)12(16)14(4,5)6/h11H,7-10H2,1-6H3. The Morgan fingerprint density at radius 3 is 2.12 bits per heavy atom. The van der Waals surface area contributed by atoms with Gasteiger partial charge in [-0.15, -0.1) is 0 Å². The first kappa shape index (κ1) is 13.5. The summed E-state index contributed by atoms with van der Waals surface area (Å²) in [6.45, 7) is 14.8. The van der Waals surface area contributed by atoms with Crippen LogP contribution in [-0.2, 0) is 4.79 Å². The van der Waals surface area contributed by atoms with Gasteiger partial charge in [-0.05, 0) is 24.2 Å². The molecule has 1 atom stereocenters. The third-order valence-corrected chi connectivity index (χ3v) is 3.57. The fourth-order valence-electron chi connectivity index (χ4n) is 2.34. The lowest BCUT2D eigenvalue weighted by Gasteiger charge is -2.41. The van der Waals surface area contributed by atoms with E-state index >= 15 is 0 Å². The summed E-state index contributed by atoms with van der Waals surface area (Å²) in [6.07, 6.45) is 2.42. The molecule has 1 aliphatic heterocycles. The Kier molecular flexibility index (Phi) is 3.71. The van der Waals surface area contributed by atoms with Crippen LogP contribution in [0.3, 0.4) is 0 Å². The van der Waals surface area contributed by atoms with Gasteiger partial charge in [0, 0.05) is 18.5 Å². The molecule has 0 spiro atoms. The molecular formula is C14H27NO. The lowest BCUT2D eigenvalue weighted by atomic mass is 9.76. The molecule has 1 rings (SSSR count). The van der Waals surface area contributed by atoms with Gasteiger partial charge in [-0.3, -0.25) is 4.79 Å². The van der Waals surface area contributed by atoms with E-state index in [-0.39, 0.29) is 5.41 Å². The third kappa shape index (κ3) is 3.23. The lowest BCUT2D eigenvalue weighted by molar-refractivity contribution is -0.142. The Morgan fingerprint density at radius 2 is 1.69 bits per heavy atom. The Hall–Kier alpha value is -0.530. The Balaban J connectivity index is 2.68. The quantitative estimate of drug-likeness (QED) is 0.619. The molecule has 2 nitrogen and oxygen atoms in total. The highest BCUT2D eigenvalue weighted by Gasteiger charge is 2.34. The van der Waals surface area contributed by atoms with Gasteiger partial charge >= 0.3 is 0 Å². The van der Waals surface area contributed by atoms with Crippen molar-refractivity contribution in [2.45, 2.75) is 54.4 Å². The average Bonchev–Trinajstić information content (AvgIpc) is 2.14. The van der Waals surface area contributed by atoms with Gasteiger partial charge in [-0.25, -0.2) is 0 Å². The maximum absolute atomic E-state index is 12.2. The van der Waals surface area contributed by atoms with Crippen molar-refractivity contribution in [2.24, 2.45) is 16.7 Å². The van der Waals surface area contributed by atoms with Crippen LogP contribution in [0.5, 0.6) is 0 Å². The van der Waals surface area contributed by atoms with Crippen LogP contribution in [0, 0.1) is 16.7 Å². The Labute approximate surface area is 100 Å². The molecule has 94 valence electrons. The van der Waals surface area contributed by atoms with Gasteiger partial charge in [-0.2, -0.15) is 0 Å². The van der Waals surface area contributed by atoms with Crippen molar-refractivity contribution in [3.63, 3.8) is 0 Å². The van der Waals surface area contributed by atoms with Gasteiger partial charge in [-0.1, -0.05) is 41.5 Å². The van der Waals surface area contributed by atoms with Crippen LogP contribution in [0.25, 0.3) is 0 Å². The molecule has 0 aromatic carbocycles. The maximum Gasteiger partial charge on any atom is 0.227 e. The molecule has 0 aromatic rings. The van der Waals surface area contributed by atoms with Gasteiger partial charge in [0.25, 0.3) is 0 Å². The molecule has 1 aliphatic rings. The molecule has 0 saturated carbocycles. The van der Waals surface area contributed by atoms with Crippen LogP contribution < -0.4 is 0 Å². The summed E-state index contributed by atoms with van der Waals surface area (Å²) in [4.78, 5) is 14.3. The topological polar surface area (TPSA) is 20.3 Å². The number of carbonyl (C=O) groups excluding carboxylic acids is 1. The minimum Gasteiger partial charge on any atom is -0.342 e. The van der Waals surface area contributed by atoms with E-state index in [1.807, 2.05) is 20.8 Å². The number of carbonyl (C=O) groups is 1. The lowest BCUT2D eigenvalue weighted by Crippen LogP contribution is -2.47. The smallest absolute Gasteiger partial charge is 0.227 e. The van der Waals surface area contributed by atoms with E-state index in [2.05, 4.69) is 25.7 Å². The first-order chi connectivity index (χ1) is 7.12. The zero-order valence-corrected chi connectivity index (χ0v) is 11.8. The van der Waals surface area contributed by atoms with Gasteiger partial charge in [0.1, 0.15) is 0 Å². The van der Waals surface area contributed by atoms with E-state index in [1.165, 1.54) is 6.42 Å². The monoisotopic (exact) mass is 225 g/mol. The number of nitrogens with zero attached hydrogens (tertiary/aromatic N) is 1. The van der Waals surface area contributed by atoms with Crippen molar-refractivity contribution in [3.05, 3.63) is 0 Å². The third-order valence-electron chi connectivity index (χ3n) is 3.57. The van der Waals surface area contributed by atoms with Gasteiger partial charge in [0.2, 0.25) is 5.91 Å². The van der Waals surface area contributed by atoms with E-state index < -0.39 is 0 Å². The average molecular weight is 225 g/mol. The van der Waals surface area contributed by atoms with Gasteiger partial charge < -0.3 is 4.90 Å². The van der Waals surface area contributed by atoms with Crippen molar-refractivity contribution in [1.29, 1.82) is 0 Å².